The molecule has 2 unspecified atom stereocenters. The number of hydrogen-bond acceptors (Lipinski definition) is 6. The van der Waals surface area contributed by atoms with Crippen molar-refractivity contribution >= 4 is 11.7 Å². The third-order valence-corrected chi connectivity index (χ3v) is 6.81. The summed E-state index contributed by atoms with van der Waals surface area (Å²) in [6.07, 6.45) is 5.46. The molecule has 0 saturated heterocycles. The molecule has 1 amide bonds. The average molecular weight is 444 g/mol. The number of carbonyl (C=O) groups is 1. The van der Waals surface area contributed by atoms with Crippen molar-refractivity contribution in [2.24, 2.45) is 10.7 Å². The van der Waals surface area contributed by atoms with E-state index in [9.17, 15) is 4.79 Å². The topological polar surface area (TPSA) is 113 Å². The monoisotopic (exact) mass is 443 g/mol. The van der Waals surface area contributed by atoms with E-state index in [0.29, 0.717) is 12.4 Å². The molecule has 8 heteroatoms. The fourth-order valence-electron chi connectivity index (χ4n) is 4.98. The lowest BCUT2D eigenvalue weighted by Gasteiger charge is -2.26. The van der Waals surface area contributed by atoms with Crippen LogP contribution in [-0.4, -0.2) is 48.8 Å². The Labute approximate surface area is 193 Å². The second kappa shape index (κ2) is 8.86. The quantitative estimate of drug-likeness (QED) is 0.578. The van der Waals surface area contributed by atoms with Gasteiger partial charge in [-0.3, -0.25) is 14.7 Å². The molecule has 0 radical (unpaired) electrons. The van der Waals surface area contributed by atoms with E-state index in [2.05, 4.69) is 51.8 Å². The van der Waals surface area contributed by atoms with E-state index >= 15 is 0 Å². The summed E-state index contributed by atoms with van der Waals surface area (Å²) in [5.74, 6) is 1.53. The van der Waals surface area contributed by atoms with E-state index in [1.807, 2.05) is 29.2 Å². The molecule has 2 heterocycles. The molecule has 8 nitrogen and oxygen atoms in total. The molecule has 1 fully saturated rings. The first-order valence-electron chi connectivity index (χ1n) is 11.7. The average Bonchev–Trinajstić information content (AvgIpc) is 3.56. The minimum absolute atomic E-state index is 0.0742. The molecule has 2 aromatic carbocycles. The number of unbranched alkanes of at least 4 members (excludes halogenated alkanes) is 1. The second-order valence-electron chi connectivity index (χ2n) is 8.92. The summed E-state index contributed by atoms with van der Waals surface area (Å²) in [7, 11) is 0. The van der Waals surface area contributed by atoms with Gasteiger partial charge in [-0.1, -0.05) is 61.9 Å². The molecule has 2 aliphatic rings. The minimum Gasteiger partial charge on any atom is -0.325 e. The number of nitrogens with one attached hydrogen (secondary N) is 1. The Morgan fingerprint density at radius 1 is 1.15 bits per heavy atom. The van der Waals surface area contributed by atoms with Gasteiger partial charge in [0.15, 0.2) is 5.54 Å². The van der Waals surface area contributed by atoms with Crippen LogP contribution in [-0.2, 0) is 11.3 Å². The van der Waals surface area contributed by atoms with E-state index in [-0.39, 0.29) is 11.9 Å². The lowest BCUT2D eigenvalue weighted by molar-refractivity contribution is -0.131. The zero-order valence-corrected chi connectivity index (χ0v) is 18.9. The number of aromatic nitrogens is 4. The predicted molar refractivity (Wildman–Crippen MR) is 127 cm³/mol. The molecule has 170 valence electrons. The molecule has 0 bridgehead atoms. The summed E-state index contributed by atoms with van der Waals surface area (Å²) in [6.45, 7) is 2.67. The zero-order chi connectivity index (χ0) is 22.8. The van der Waals surface area contributed by atoms with Crippen LogP contribution in [0.3, 0.4) is 0 Å². The van der Waals surface area contributed by atoms with Crippen LogP contribution in [0, 0.1) is 0 Å². The molecule has 1 aliphatic heterocycles. The van der Waals surface area contributed by atoms with Crippen LogP contribution >= 0.6 is 0 Å². The van der Waals surface area contributed by atoms with Gasteiger partial charge in [0.1, 0.15) is 5.84 Å². The zero-order valence-electron chi connectivity index (χ0n) is 18.9. The van der Waals surface area contributed by atoms with E-state index in [4.69, 9.17) is 10.7 Å². The van der Waals surface area contributed by atoms with Crippen molar-refractivity contribution in [1.29, 1.82) is 0 Å². The van der Waals surface area contributed by atoms with Gasteiger partial charge in [-0.25, -0.2) is 0 Å². The predicted octanol–water partition coefficient (Wildman–Crippen LogP) is 3.71. The van der Waals surface area contributed by atoms with Gasteiger partial charge in [0.25, 0.3) is 5.91 Å². The van der Waals surface area contributed by atoms with Gasteiger partial charge < -0.3 is 5.73 Å². The number of amides is 1. The van der Waals surface area contributed by atoms with Gasteiger partial charge >= 0.3 is 0 Å². The molecule has 1 aromatic heterocycles. The number of tetrazole rings is 1. The third-order valence-electron chi connectivity index (χ3n) is 6.81. The Morgan fingerprint density at radius 2 is 1.94 bits per heavy atom. The number of nitrogens with two attached hydrogens (primary N) is 1. The SMILES string of the molecule is CCCCC1=NC2(CCCC2N)C(=O)N1Cc1ccc(-c2ccccc2-c2nn[nH]n2)cc1. The highest BCUT2D eigenvalue weighted by molar-refractivity contribution is 6.08. The highest BCUT2D eigenvalue weighted by Gasteiger charge is 2.54. The van der Waals surface area contributed by atoms with Crippen molar-refractivity contribution in [3.8, 4) is 22.5 Å². The van der Waals surface area contributed by atoms with E-state index < -0.39 is 5.54 Å². The number of carbonyl (C=O) groups excluding carboxylic acids is 1. The number of nitrogens with zero attached hydrogens (tertiary/aromatic N) is 5. The van der Waals surface area contributed by atoms with Crippen molar-refractivity contribution in [3.05, 3.63) is 54.1 Å². The standard InChI is InChI=1S/C25H29N7O/c1-2-3-10-22-27-25(15-6-9-21(25)26)24(33)32(22)16-17-11-13-18(14-12-17)19-7-4-5-8-20(19)23-28-30-31-29-23/h4-5,7-8,11-14,21H,2-3,6,9-10,15-16,26H2,1H3,(H,28,29,30,31). The van der Waals surface area contributed by atoms with Crippen molar-refractivity contribution < 1.29 is 4.79 Å². The fraction of sp³-hybridized carbons (Fsp3) is 0.400. The Bertz CT molecular complexity index is 1160. The van der Waals surface area contributed by atoms with Gasteiger partial charge in [0.2, 0.25) is 5.82 Å². The molecule has 1 saturated carbocycles. The number of rotatable bonds is 7. The Balaban J connectivity index is 1.39. The van der Waals surface area contributed by atoms with Crippen LogP contribution in [0.1, 0.15) is 51.0 Å². The lowest BCUT2D eigenvalue weighted by Crippen LogP contribution is -2.50. The Hall–Kier alpha value is -3.39. The van der Waals surface area contributed by atoms with Crippen LogP contribution in [0.2, 0.25) is 0 Å². The molecule has 3 N–H and O–H groups in total. The number of benzene rings is 2. The van der Waals surface area contributed by atoms with Crippen LogP contribution in [0.15, 0.2) is 53.5 Å². The molecular weight excluding hydrogens is 414 g/mol. The fourth-order valence-corrected chi connectivity index (χ4v) is 4.98. The van der Waals surface area contributed by atoms with Crippen molar-refractivity contribution in [2.75, 3.05) is 0 Å². The first-order valence-corrected chi connectivity index (χ1v) is 11.7. The molecule has 2 atom stereocenters. The molecular formula is C25H29N7O. The summed E-state index contributed by atoms with van der Waals surface area (Å²) >= 11 is 0. The molecule has 1 spiro atoms. The van der Waals surface area contributed by atoms with E-state index in [1.165, 1.54) is 0 Å². The van der Waals surface area contributed by atoms with Gasteiger partial charge in [-0.05, 0) is 47.6 Å². The number of H-pyrrole nitrogens is 1. The number of hydrogen-bond donors (Lipinski definition) is 2. The van der Waals surface area contributed by atoms with E-state index in [1.54, 1.807) is 0 Å². The van der Waals surface area contributed by atoms with Crippen molar-refractivity contribution in [3.63, 3.8) is 0 Å². The lowest BCUT2D eigenvalue weighted by atomic mass is 9.93. The van der Waals surface area contributed by atoms with Gasteiger partial charge in [0.05, 0.1) is 6.54 Å². The first kappa shape index (κ1) is 21.5. The smallest absolute Gasteiger partial charge is 0.257 e. The summed E-state index contributed by atoms with van der Waals surface area (Å²) in [6, 6.07) is 16.1. The normalized spacial score (nSPS) is 22.4. The maximum Gasteiger partial charge on any atom is 0.257 e. The second-order valence-corrected chi connectivity index (χ2v) is 8.92. The summed E-state index contributed by atoms with van der Waals surface area (Å²) in [4.78, 5) is 20.3. The van der Waals surface area contributed by atoms with Crippen molar-refractivity contribution in [1.82, 2.24) is 25.5 Å². The molecule has 33 heavy (non-hydrogen) atoms. The highest BCUT2D eigenvalue weighted by Crippen LogP contribution is 2.39. The summed E-state index contributed by atoms with van der Waals surface area (Å²) < 4.78 is 0. The van der Waals surface area contributed by atoms with Crippen LogP contribution in [0.5, 0.6) is 0 Å². The summed E-state index contributed by atoms with van der Waals surface area (Å²) in [5, 5.41) is 14.4. The molecule has 1 aliphatic carbocycles. The molecule has 5 rings (SSSR count). The summed E-state index contributed by atoms with van der Waals surface area (Å²) in [5.41, 5.74) is 9.71. The van der Waals surface area contributed by atoms with E-state index in [0.717, 1.165) is 66.6 Å². The maximum absolute atomic E-state index is 13.5. The van der Waals surface area contributed by atoms with Gasteiger partial charge in [-0.15, -0.1) is 10.2 Å². The minimum atomic E-state index is -0.744. The van der Waals surface area contributed by atoms with Crippen molar-refractivity contribution in [2.45, 2.75) is 63.6 Å². The number of amidine groups is 1. The number of aromatic amines is 1. The third kappa shape index (κ3) is 3.84. The van der Waals surface area contributed by atoms with Crippen LogP contribution in [0.4, 0.5) is 0 Å². The Morgan fingerprint density at radius 3 is 2.61 bits per heavy atom. The Kier molecular flexibility index (Phi) is 5.76. The maximum atomic E-state index is 13.5. The van der Waals surface area contributed by atoms with Gasteiger partial charge in [-0.2, -0.15) is 5.21 Å². The van der Waals surface area contributed by atoms with Crippen LogP contribution in [0.25, 0.3) is 22.5 Å². The first-order chi connectivity index (χ1) is 16.1. The van der Waals surface area contributed by atoms with Crippen LogP contribution < -0.4 is 5.73 Å². The largest absolute Gasteiger partial charge is 0.325 e. The number of aliphatic imine (C=N–C) groups is 1. The molecule has 3 aromatic rings. The van der Waals surface area contributed by atoms with Gasteiger partial charge in [0, 0.05) is 18.0 Å². The highest BCUT2D eigenvalue weighted by atomic mass is 16.2.